The largest absolute Gasteiger partial charge is 0.389 e. The van der Waals surface area contributed by atoms with Gasteiger partial charge in [0, 0.05) is 43.4 Å². The van der Waals surface area contributed by atoms with Crippen LogP contribution in [0.4, 0.5) is 8.78 Å². The first-order valence-corrected chi connectivity index (χ1v) is 13.9. The summed E-state index contributed by atoms with van der Waals surface area (Å²) in [5.41, 5.74) is 0.281. The molecule has 2 amide bonds. The summed E-state index contributed by atoms with van der Waals surface area (Å²) in [5, 5.41) is 28.7. The number of nitrogens with zero attached hydrogens (tertiary/aromatic N) is 1. The second kappa shape index (κ2) is 13.3. The van der Waals surface area contributed by atoms with Crippen LogP contribution in [0.3, 0.4) is 0 Å². The van der Waals surface area contributed by atoms with Gasteiger partial charge in [0.25, 0.3) is 11.8 Å². The standard InChI is InChI=1S/C32H37F2N3O4/c1-3-4-13-37(2)31(40)23-10-8-9-22(17-23)30(39)36-27(16-21-14-25(33)18-26(34)15-21)29(38)28-19-32(41,20-35-28)24-11-6-5-7-12-24/h5-12,14-15,17-18,27-29,35,38,41H,3-4,13,16,19-20H2,1-2H3,(H,36,39)/t27-,28+,29-,32?/m0/s1. The molecule has 1 saturated heterocycles. The molecule has 0 saturated carbocycles. The lowest BCUT2D eigenvalue weighted by molar-refractivity contribution is 0.0394. The zero-order valence-corrected chi connectivity index (χ0v) is 23.3. The quantitative estimate of drug-likeness (QED) is 0.284. The second-order valence-corrected chi connectivity index (χ2v) is 10.8. The van der Waals surface area contributed by atoms with Gasteiger partial charge >= 0.3 is 0 Å². The summed E-state index contributed by atoms with van der Waals surface area (Å²) in [6.07, 6.45) is 0.681. The Hall–Kier alpha value is -3.66. The van der Waals surface area contributed by atoms with Gasteiger partial charge in [0.1, 0.15) is 17.2 Å². The number of hydrogen-bond donors (Lipinski definition) is 4. The van der Waals surface area contributed by atoms with Crippen molar-refractivity contribution < 1.29 is 28.6 Å². The molecule has 7 nitrogen and oxygen atoms in total. The normalized spacial score (nSPS) is 19.9. The molecule has 0 aromatic heterocycles. The number of aliphatic hydroxyl groups is 2. The Morgan fingerprint density at radius 1 is 1.05 bits per heavy atom. The van der Waals surface area contributed by atoms with Gasteiger partial charge in [0.15, 0.2) is 0 Å². The number of unbranched alkanes of at least 4 members (excludes halogenated alkanes) is 1. The lowest BCUT2D eigenvalue weighted by Gasteiger charge is -2.30. The van der Waals surface area contributed by atoms with Crippen LogP contribution in [0.5, 0.6) is 0 Å². The van der Waals surface area contributed by atoms with E-state index in [1.54, 1.807) is 42.3 Å². The highest BCUT2D eigenvalue weighted by molar-refractivity contribution is 5.99. The molecule has 0 spiro atoms. The Balaban J connectivity index is 1.55. The average molecular weight is 566 g/mol. The van der Waals surface area contributed by atoms with E-state index in [1.165, 1.54) is 6.07 Å². The van der Waals surface area contributed by atoms with Crippen LogP contribution < -0.4 is 10.6 Å². The van der Waals surface area contributed by atoms with Crippen LogP contribution >= 0.6 is 0 Å². The first-order chi connectivity index (χ1) is 19.6. The maximum Gasteiger partial charge on any atom is 0.253 e. The van der Waals surface area contributed by atoms with Crippen molar-refractivity contribution in [2.75, 3.05) is 20.1 Å². The molecule has 3 aromatic carbocycles. The number of benzene rings is 3. The maximum atomic E-state index is 14.0. The Morgan fingerprint density at radius 3 is 2.41 bits per heavy atom. The van der Waals surface area contributed by atoms with Crippen LogP contribution in [0.1, 0.15) is 58.0 Å². The summed E-state index contributed by atoms with van der Waals surface area (Å²) < 4.78 is 28.0. The van der Waals surface area contributed by atoms with E-state index in [-0.39, 0.29) is 36.4 Å². The van der Waals surface area contributed by atoms with E-state index in [0.29, 0.717) is 17.7 Å². The van der Waals surface area contributed by atoms with Crippen molar-refractivity contribution >= 4 is 11.8 Å². The van der Waals surface area contributed by atoms with Crippen LogP contribution in [0.2, 0.25) is 0 Å². The number of β-amino-alcohol motifs (C(OH)–C–C–N with tert-alkyl or cyclic N) is 1. The van der Waals surface area contributed by atoms with E-state index in [0.717, 1.165) is 31.0 Å². The van der Waals surface area contributed by atoms with E-state index in [2.05, 4.69) is 10.6 Å². The summed E-state index contributed by atoms with van der Waals surface area (Å²) in [6.45, 7) is 2.81. The van der Waals surface area contributed by atoms with Crippen molar-refractivity contribution in [3.8, 4) is 0 Å². The van der Waals surface area contributed by atoms with Gasteiger partial charge in [-0.1, -0.05) is 49.7 Å². The third-order valence-electron chi connectivity index (χ3n) is 7.61. The number of hydrogen-bond acceptors (Lipinski definition) is 5. The zero-order valence-electron chi connectivity index (χ0n) is 23.3. The molecule has 1 unspecified atom stereocenters. The summed E-state index contributed by atoms with van der Waals surface area (Å²) in [6, 6.07) is 16.9. The van der Waals surface area contributed by atoms with Gasteiger partial charge in [-0.3, -0.25) is 9.59 Å². The molecule has 3 aromatic rings. The molecule has 41 heavy (non-hydrogen) atoms. The van der Waals surface area contributed by atoms with Crippen molar-refractivity contribution in [2.45, 2.75) is 56.4 Å². The highest BCUT2D eigenvalue weighted by atomic mass is 19.1. The summed E-state index contributed by atoms with van der Waals surface area (Å²) in [5.74, 6) is -2.30. The number of aliphatic hydroxyl groups excluding tert-OH is 1. The van der Waals surface area contributed by atoms with E-state index in [1.807, 2.05) is 25.1 Å². The Morgan fingerprint density at radius 2 is 1.73 bits per heavy atom. The number of carbonyl (C=O) groups excluding carboxylic acids is 2. The zero-order chi connectivity index (χ0) is 29.6. The first-order valence-electron chi connectivity index (χ1n) is 13.9. The molecule has 218 valence electrons. The molecule has 1 aliphatic heterocycles. The molecule has 1 heterocycles. The molecule has 1 aliphatic rings. The molecule has 4 rings (SSSR count). The molecule has 0 radical (unpaired) electrons. The fourth-order valence-electron chi connectivity index (χ4n) is 5.30. The molecule has 4 atom stereocenters. The Bertz CT molecular complexity index is 1340. The second-order valence-electron chi connectivity index (χ2n) is 10.8. The third kappa shape index (κ3) is 7.55. The van der Waals surface area contributed by atoms with Crippen molar-refractivity contribution in [1.29, 1.82) is 0 Å². The highest BCUT2D eigenvalue weighted by Crippen LogP contribution is 2.32. The van der Waals surface area contributed by atoms with Crippen LogP contribution in [-0.4, -0.2) is 65.3 Å². The number of carbonyl (C=O) groups is 2. The summed E-state index contributed by atoms with van der Waals surface area (Å²) in [7, 11) is 1.71. The van der Waals surface area contributed by atoms with Crippen molar-refractivity contribution in [2.24, 2.45) is 0 Å². The van der Waals surface area contributed by atoms with E-state index in [4.69, 9.17) is 0 Å². The number of rotatable bonds is 11. The predicted molar refractivity (Wildman–Crippen MR) is 152 cm³/mol. The summed E-state index contributed by atoms with van der Waals surface area (Å²) in [4.78, 5) is 27.9. The molecule has 9 heteroatoms. The van der Waals surface area contributed by atoms with Crippen molar-refractivity contribution in [3.05, 3.63) is 107 Å². The van der Waals surface area contributed by atoms with E-state index < -0.39 is 41.3 Å². The monoisotopic (exact) mass is 565 g/mol. The summed E-state index contributed by atoms with van der Waals surface area (Å²) >= 11 is 0. The van der Waals surface area contributed by atoms with E-state index >= 15 is 0 Å². The minimum atomic E-state index is -1.23. The minimum Gasteiger partial charge on any atom is -0.389 e. The molecule has 0 aliphatic carbocycles. The van der Waals surface area contributed by atoms with Gasteiger partial charge in [-0.25, -0.2) is 8.78 Å². The smallest absolute Gasteiger partial charge is 0.253 e. The van der Waals surface area contributed by atoms with Gasteiger partial charge in [-0.2, -0.15) is 0 Å². The SMILES string of the molecule is CCCCN(C)C(=O)c1cccc(C(=O)N[C@@H](Cc2cc(F)cc(F)c2)[C@H](O)[C@H]2CC(O)(c3ccccc3)CN2)c1. The fraction of sp³-hybridized carbons (Fsp3) is 0.375. The lowest BCUT2D eigenvalue weighted by Crippen LogP contribution is -2.52. The minimum absolute atomic E-state index is 0.0676. The third-order valence-corrected chi connectivity index (χ3v) is 7.61. The molecule has 1 fully saturated rings. The van der Waals surface area contributed by atoms with Gasteiger partial charge < -0.3 is 25.7 Å². The Labute approximate surface area is 239 Å². The Kier molecular flexibility index (Phi) is 9.86. The molecular weight excluding hydrogens is 528 g/mol. The fourth-order valence-corrected chi connectivity index (χ4v) is 5.30. The number of nitrogens with one attached hydrogen (secondary N) is 2. The van der Waals surface area contributed by atoms with Gasteiger partial charge in [0.2, 0.25) is 0 Å². The van der Waals surface area contributed by atoms with Crippen LogP contribution in [0.15, 0.2) is 72.8 Å². The van der Waals surface area contributed by atoms with Crippen molar-refractivity contribution in [3.63, 3.8) is 0 Å². The van der Waals surface area contributed by atoms with E-state index in [9.17, 15) is 28.6 Å². The van der Waals surface area contributed by atoms with Crippen LogP contribution in [0, 0.1) is 11.6 Å². The number of amides is 2. The molecule has 4 N–H and O–H groups in total. The highest BCUT2D eigenvalue weighted by Gasteiger charge is 2.43. The molecular formula is C32H37F2N3O4. The first kappa shape index (κ1) is 30.3. The maximum absolute atomic E-state index is 14.0. The topological polar surface area (TPSA) is 102 Å². The lowest BCUT2D eigenvalue weighted by atomic mass is 9.87. The van der Waals surface area contributed by atoms with Crippen LogP contribution in [0.25, 0.3) is 0 Å². The average Bonchev–Trinajstić information content (AvgIpc) is 3.38. The van der Waals surface area contributed by atoms with Gasteiger partial charge in [-0.15, -0.1) is 0 Å². The number of halogens is 2. The molecule has 0 bridgehead atoms. The predicted octanol–water partition coefficient (Wildman–Crippen LogP) is 3.79. The van der Waals surface area contributed by atoms with Crippen LogP contribution in [-0.2, 0) is 12.0 Å². The van der Waals surface area contributed by atoms with Crippen molar-refractivity contribution in [1.82, 2.24) is 15.5 Å². The van der Waals surface area contributed by atoms with Gasteiger partial charge in [0.05, 0.1) is 12.1 Å². The van der Waals surface area contributed by atoms with Gasteiger partial charge in [-0.05, 0) is 60.7 Å².